The summed E-state index contributed by atoms with van der Waals surface area (Å²) >= 11 is 0. The van der Waals surface area contributed by atoms with E-state index in [0.29, 0.717) is 68.1 Å². The van der Waals surface area contributed by atoms with Crippen molar-refractivity contribution in [3.8, 4) is 0 Å². The molecule has 1 heterocycles. The monoisotopic (exact) mass is 860 g/mol. The van der Waals surface area contributed by atoms with Gasteiger partial charge in [-0.1, -0.05) is 62.3 Å². The van der Waals surface area contributed by atoms with E-state index >= 15 is 0 Å². The summed E-state index contributed by atoms with van der Waals surface area (Å²) < 4.78 is 36.8. The van der Waals surface area contributed by atoms with Crippen molar-refractivity contribution in [2.75, 3.05) is 37.7 Å². The van der Waals surface area contributed by atoms with Crippen LogP contribution in [0, 0.1) is 74.4 Å². The van der Waals surface area contributed by atoms with Gasteiger partial charge in [0.1, 0.15) is 6.10 Å². The van der Waals surface area contributed by atoms with Gasteiger partial charge in [0, 0.05) is 43.2 Å². The van der Waals surface area contributed by atoms with Gasteiger partial charge in [0.25, 0.3) is 0 Å². The van der Waals surface area contributed by atoms with Gasteiger partial charge in [-0.05, 0) is 142 Å². The topological polar surface area (TPSA) is 151 Å². The Morgan fingerprint density at radius 2 is 1.45 bits per heavy atom. The van der Waals surface area contributed by atoms with Gasteiger partial charge in [-0.3, -0.25) is 14.5 Å². The number of amides is 1. The van der Waals surface area contributed by atoms with E-state index in [4.69, 9.17) is 9.47 Å². The van der Waals surface area contributed by atoms with E-state index in [0.717, 1.165) is 32.1 Å². The molecule has 0 aromatic heterocycles. The van der Waals surface area contributed by atoms with Crippen LogP contribution in [-0.2, 0) is 28.9 Å². The SMILES string of the molecule is CC(C)OC(=O)NC[C@@H](CN[C@]12CC[C@@H](C(C)C)[C@@H]1[C@H]1CC[C@@H]3[C@@]4(C)CC[C@H](OC(=O)[C@H]5C[C@@H](C(=O)O)C5(C)C)C(C)(C)[C@@H]4CC[C@@]3(C)[C@]1(C)CC2)N1CCS(=O)(=O)CC1. The van der Waals surface area contributed by atoms with E-state index < -0.39 is 33.2 Å². The molecule has 13 atom stereocenters. The van der Waals surface area contributed by atoms with Crippen LogP contribution in [0.5, 0.6) is 0 Å². The Kier molecular flexibility index (Phi) is 12.3. The van der Waals surface area contributed by atoms with Gasteiger partial charge in [-0.25, -0.2) is 13.2 Å². The number of carbonyl (C=O) groups is 3. The lowest BCUT2D eigenvalue weighted by atomic mass is 9.32. The van der Waals surface area contributed by atoms with Crippen LogP contribution in [0.25, 0.3) is 0 Å². The molecule has 0 aromatic rings. The van der Waals surface area contributed by atoms with Gasteiger partial charge in [0.05, 0.1) is 29.4 Å². The molecule has 1 amide bonds. The number of fused-ring (bicyclic) bond motifs is 7. The number of nitrogens with one attached hydrogen (secondary N) is 2. The molecule has 1 aliphatic heterocycles. The first-order valence-corrected chi connectivity index (χ1v) is 25.7. The first-order chi connectivity index (χ1) is 27.8. The molecule has 11 nitrogen and oxygen atoms in total. The molecule has 7 fully saturated rings. The number of hydrogen-bond donors (Lipinski definition) is 3. The second-order valence-corrected chi connectivity index (χ2v) is 25.9. The molecule has 0 bridgehead atoms. The number of sulfone groups is 1. The number of carboxylic acids is 1. The largest absolute Gasteiger partial charge is 0.481 e. The number of aliphatic carboxylic acids is 1. The molecular formula is C48H81N3O8S. The summed E-state index contributed by atoms with van der Waals surface area (Å²) in [5.74, 6) is 1.77. The summed E-state index contributed by atoms with van der Waals surface area (Å²) in [7, 11) is -3.05. The Hall–Kier alpha value is -1.92. The highest BCUT2D eigenvalue weighted by Crippen LogP contribution is 2.76. The number of nitrogens with zero attached hydrogens (tertiary/aromatic N) is 1. The molecule has 0 aromatic carbocycles. The van der Waals surface area contributed by atoms with E-state index in [-0.39, 0.29) is 68.8 Å². The molecule has 7 aliphatic rings. The third-order valence-corrected chi connectivity index (χ3v) is 21.4. The van der Waals surface area contributed by atoms with Crippen LogP contribution in [0.1, 0.15) is 147 Å². The maximum atomic E-state index is 13.7. The van der Waals surface area contributed by atoms with E-state index in [1.165, 1.54) is 32.1 Å². The molecule has 0 radical (unpaired) electrons. The van der Waals surface area contributed by atoms with Crippen LogP contribution in [0.3, 0.4) is 0 Å². The van der Waals surface area contributed by atoms with E-state index in [1.807, 2.05) is 27.7 Å². The molecule has 6 saturated carbocycles. The highest BCUT2D eigenvalue weighted by Gasteiger charge is 2.71. The van der Waals surface area contributed by atoms with Crippen LogP contribution in [0.2, 0.25) is 0 Å². The summed E-state index contributed by atoms with van der Waals surface area (Å²) in [6.45, 7) is 27.1. The molecule has 7 rings (SSSR count). The Labute approximate surface area is 362 Å². The van der Waals surface area contributed by atoms with Crippen molar-refractivity contribution in [2.45, 2.75) is 171 Å². The Balaban J connectivity index is 1.09. The van der Waals surface area contributed by atoms with Gasteiger partial charge >= 0.3 is 18.0 Å². The van der Waals surface area contributed by atoms with Crippen LogP contribution in [0.4, 0.5) is 4.79 Å². The fraction of sp³-hybridized carbons (Fsp3) is 0.938. The number of hydrogen-bond acceptors (Lipinski definition) is 9. The maximum Gasteiger partial charge on any atom is 0.407 e. The minimum Gasteiger partial charge on any atom is -0.481 e. The number of esters is 1. The number of alkyl carbamates (subject to hydrolysis) is 1. The van der Waals surface area contributed by atoms with Crippen molar-refractivity contribution in [1.29, 1.82) is 0 Å². The van der Waals surface area contributed by atoms with Crippen LogP contribution >= 0.6 is 0 Å². The first kappa shape index (κ1) is 46.1. The number of carboxylic acid groups (broad SMARTS) is 1. The highest BCUT2D eigenvalue weighted by molar-refractivity contribution is 7.91. The van der Waals surface area contributed by atoms with Gasteiger partial charge < -0.3 is 25.2 Å². The Bertz CT molecular complexity index is 1750. The molecule has 1 saturated heterocycles. The maximum absolute atomic E-state index is 13.7. The molecule has 342 valence electrons. The quantitative estimate of drug-likeness (QED) is 0.175. The van der Waals surface area contributed by atoms with Crippen LogP contribution < -0.4 is 10.6 Å². The zero-order chi connectivity index (χ0) is 44.0. The second kappa shape index (κ2) is 16.0. The van der Waals surface area contributed by atoms with Crippen molar-refractivity contribution in [1.82, 2.24) is 15.5 Å². The Morgan fingerprint density at radius 3 is 2.07 bits per heavy atom. The molecule has 3 N–H and O–H groups in total. The average Bonchev–Trinajstić information content (AvgIpc) is 3.53. The molecule has 0 spiro atoms. The van der Waals surface area contributed by atoms with Gasteiger partial charge in [0.15, 0.2) is 9.84 Å². The minimum atomic E-state index is -3.05. The number of carbonyl (C=O) groups excluding carboxylic acids is 2. The number of ether oxygens (including phenoxy) is 2. The van der Waals surface area contributed by atoms with Crippen molar-refractivity contribution >= 4 is 27.9 Å². The third kappa shape index (κ3) is 7.55. The summed E-state index contributed by atoms with van der Waals surface area (Å²) in [5.41, 5.74) is -0.275. The number of rotatable bonds is 11. The third-order valence-electron chi connectivity index (χ3n) is 19.8. The zero-order valence-electron chi connectivity index (χ0n) is 39.0. The normalized spacial score (nSPS) is 43.4. The second-order valence-electron chi connectivity index (χ2n) is 23.6. The van der Waals surface area contributed by atoms with Gasteiger partial charge in [-0.15, -0.1) is 0 Å². The molecule has 0 unspecified atom stereocenters. The van der Waals surface area contributed by atoms with Gasteiger partial charge in [0.2, 0.25) is 0 Å². The van der Waals surface area contributed by atoms with Crippen molar-refractivity contribution < 1.29 is 37.4 Å². The first-order valence-electron chi connectivity index (χ1n) is 23.9. The lowest BCUT2D eigenvalue weighted by Gasteiger charge is -2.73. The molecule has 12 heteroatoms. The lowest BCUT2D eigenvalue weighted by Crippen LogP contribution is -2.69. The molecular weight excluding hydrogens is 779 g/mol. The van der Waals surface area contributed by atoms with Gasteiger partial charge in [-0.2, -0.15) is 0 Å². The van der Waals surface area contributed by atoms with Crippen LogP contribution in [-0.4, -0.2) is 97.9 Å². The fourth-order valence-corrected chi connectivity index (χ4v) is 17.3. The van der Waals surface area contributed by atoms with E-state index in [2.05, 4.69) is 64.0 Å². The summed E-state index contributed by atoms with van der Waals surface area (Å²) in [5, 5.41) is 17.0. The smallest absolute Gasteiger partial charge is 0.407 e. The zero-order valence-corrected chi connectivity index (χ0v) is 39.8. The summed E-state index contributed by atoms with van der Waals surface area (Å²) in [4.78, 5) is 40.5. The van der Waals surface area contributed by atoms with E-state index in [9.17, 15) is 27.9 Å². The average molecular weight is 860 g/mol. The molecule has 60 heavy (non-hydrogen) atoms. The molecule has 6 aliphatic carbocycles. The lowest BCUT2D eigenvalue weighted by molar-refractivity contribution is -0.249. The van der Waals surface area contributed by atoms with Crippen molar-refractivity contribution in [3.63, 3.8) is 0 Å². The highest BCUT2D eigenvalue weighted by atomic mass is 32.2. The van der Waals surface area contributed by atoms with Crippen molar-refractivity contribution in [2.24, 2.45) is 74.4 Å². The minimum absolute atomic E-state index is 0.00534. The predicted octanol–water partition coefficient (Wildman–Crippen LogP) is 7.96. The summed E-state index contributed by atoms with van der Waals surface area (Å²) in [6, 6.07) is -0.0373. The van der Waals surface area contributed by atoms with Crippen molar-refractivity contribution in [3.05, 3.63) is 0 Å². The van der Waals surface area contributed by atoms with Crippen LogP contribution in [0.15, 0.2) is 0 Å². The standard InChI is InChI=1S/C48H81N3O8S/c1-29(2)32-14-19-48(50-28-31(27-49-42(55)58-30(3)4)51-22-24-60(56,57)25-23-51)21-20-46(10)33(39(32)48)12-13-37-45(9)17-16-38(44(7,8)36(45)15-18-47(37,46)11)59-41(54)35-26-34(40(52)53)43(35,5)6/h29-39,50H,12-28H2,1-11H3,(H,49,55)(H,52,53)/t31-,32-,33+,34-,35+,36-,37+,38-,39+,45-,46+,47+,48-/m0/s1. The Morgan fingerprint density at radius 1 is 0.767 bits per heavy atom. The fourth-order valence-electron chi connectivity index (χ4n) is 16.1. The van der Waals surface area contributed by atoms with E-state index in [1.54, 1.807) is 0 Å². The predicted molar refractivity (Wildman–Crippen MR) is 234 cm³/mol. The summed E-state index contributed by atoms with van der Waals surface area (Å²) in [6.07, 6.45) is 10.9.